The first kappa shape index (κ1) is 17.2. The van der Waals surface area contributed by atoms with Gasteiger partial charge in [0.25, 0.3) is 5.56 Å². The summed E-state index contributed by atoms with van der Waals surface area (Å²) in [6.45, 7) is 0. The van der Waals surface area contributed by atoms with Gasteiger partial charge in [-0.05, 0) is 31.4 Å². The minimum Gasteiger partial charge on any atom is -0.301 e. The summed E-state index contributed by atoms with van der Waals surface area (Å²) in [7, 11) is 1.61. The molecule has 3 rings (SSSR count). The summed E-state index contributed by atoms with van der Waals surface area (Å²) in [5.74, 6) is -0.714. The average molecular weight is 492 g/mol. The first-order valence-electron chi connectivity index (χ1n) is 6.71. The van der Waals surface area contributed by atoms with Crippen LogP contribution in [0.25, 0.3) is 5.69 Å². The fraction of sp³-hybridized carbons (Fsp3) is 0.333. The molecule has 0 aliphatic heterocycles. The maximum absolute atomic E-state index is 14.0. The van der Waals surface area contributed by atoms with E-state index < -0.39 is 17.1 Å². The van der Waals surface area contributed by atoms with Gasteiger partial charge in [0.15, 0.2) is 0 Å². The summed E-state index contributed by atoms with van der Waals surface area (Å²) in [6, 6.07) is 4.89. The molecule has 0 spiro atoms. The van der Waals surface area contributed by atoms with E-state index in [0.29, 0.717) is 18.4 Å². The van der Waals surface area contributed by atoms with E-state index in [1.54, 1.807) is 7.05 Å². The summed E-state index contributed by atoms with van der Waals surface area (Å²) >= 11 is 5.66. The number of hydrogen-bond acceptors (Lipinski definition) is 2. The van der Waals surface area contributed by atoms with Crippen LogP contribution in [0.2, 0.25) is 5.02 Å². The van der Waals surface area contributed by atoms with Crippen LogP contribution in [0.15, 0.2) is 21.7 Å². The summed E-state index contributed by atoms with van der Waals surface area (Å²) < 4.78 is 16.3. The molecule has 0 saturated carbocycles. The van der Waals surface area contributed by atoms with E-state index in [4.69, 9.17) is 11.6 Å². The quantitative estimate of drug-likeness (QED) is 0.573. The molecule has 4 nitrogen and oxygen atoms in total. The number of aromatic nitrogens is 2. The van der Waals surface area contributed by atoms with E-state index in [1.807, 2.05) is 0 Å². The molecule has 22 heavy (non-hydrogen) atoms. The van der Waals surface area contributed by atoms with Gasteiger partial charge in [0, 0.05) is 45.2 Å². The SMILES string of the molecule is Cn1c2c(c(=O)n(-c3c[c-]c(Cl)cc3F)c1=O)CCCC2.[W]. The minimum absolute atomic E-state index is 0. The molecule has 1 heterocycles. The second-order valence-corrected chi connectivity index (χ2v) is 5.54. The van der Waals surface area contributed by atoms with Crippen molar-refractivity contribution < 1.29 is 25.5 Å². The van der Waals surface area contributed by atoms with Crippen LogP contribution in [0.3, 0.4) is 0 Å². The molecule has 0 N–H and O–H groups in total. The van der Waals surface area contributed by atoms with E-state index in [0.717, 1.165) is 29.2 Å². The van der Waals surface area contributed by atoms with Crippen molar-refractivity contribution in [2.24, 2.45) is 7.05 Å². The van der Waals surface area contributed by atoms with Crippen molar-refractivity contribution in [1.29, 1.82) is 0 Å². The molecule has 0 atom stereocenters. The summed E-state index contributed by atoms with van der Waals surface area (Å²) in [5.41, 5.74) is 0.250. The smallest absolute Gasteiger partial charge is 0.301 e. The van der Waals surface area contributed by atoms with Crippen LogP contribution in [-0.4, -0.2) is 9.13 Å². The Morgan fingerprint density at radius 3 is 2.64 bits per heavy atom. The van der Waals surface area contributed by atoms with Gasteiger partial charge in [-0.3, -0.25) is 9.36 Å². The van der Waals surface area contributed by atoms with Crippen LogP contribution >= 0.6 is 11.6 Å². The fourth-order valence-corrected chi connectivity index (χ4v) is 2.94. The zero-order chi connectivity index (χ0) is 15.1. The molecular formula is C15H13ClFN2O2W-. The first-order valence-corrected chi connectivity index (χ1v) is 7.09. The van der Waals surface area contributed by atoms with Crippen LogP contribution in [0.5, 0.6) is 0 Å². The molecule has 1 aliphatic rings. The molecule has 1 aromatic heterocycles. The predicted octanol–water partition coefficient (Wildman–Crippen LogP) is 2.01. The number of rotatable bonds is 1. The Bertz CT molecular complexity index is 845. The van der Waals surface area contributed by atoms with Gasteiger partial charge in [0.05, 0.1) is 0 Å². The second-order valence-electron chi connectivity index (χ2n) is 5.13. The van der Waals surface area contributed by atoms with E-state index in [9.17, 15) is 14.0 Å². The van der Waals surface area contributed by atoms with E-state index in [1.165, 1.54) is 10.6 Å². The third-order valence-electron chi connectivity index (χ3n) is 3.87. The van der Waals surface area contributed by atoms with Gasteiger partial charge in [-0.1, -0.05) is 5.02 Å². The number of benzene rings is 1. The maximum Gasteiger partial charge on any atom is 0.324 e. The van der Waals surface area contributed by atoms with Crippen LogP contribution in [0.1, 0.15) is 24.1 Å². The molecule has 0 bridgehead atoms. The summed E-state index contributed by atoms with van der Waals surface area (Å²) in [6.07, 6.45) is 3.16. The summed E-state index contributed by atoms with van der Waals surface area (Å²) in [5, 5.41) is 0.0964. The van der Waals surface area contributed by atoms with Gasteiger partial charge >= 0.3 is 5.69 Å². The van der Waals surface area contributed by atoms with Crippen molar-refractivity contribution in [3.05, 3.63) is 61.1 Å². The number of nitrogens with zero attached hydrogens (tertiary/aromatic N) is 2. The topological polar surface area (TPSA) is 44.0 Å². The Morgan fingerprint density at radius 2 is 1.95 bits per heavy atom. The van der Waals surface area contributed by atoms with Gasteiger partial charge in [0.1, 0.15) is 0 Å². The summed E-state index contributed by atoms with van der Waals surface area (Å²) in [4.78, 5) is 25.0. The van der Waals surface area contributed by atoms with Crippen LogP contribution in [0, 0.1) is 11.9 Å². The minimum atomic E-state index is -0.714. The van der Waals surface area contributed by atoms with E-state index in [2.05, 4.69) is 6.07 Å². The zero-order valence-electron chi connectivity index (χ0n) is 11.9. The van der Waals surface area contributed by atoms with Crippen LogP contribution in [-0.2, 0) is 41.0 Å². The molecule has 0 unspecified atom stereocenters. The van der Waals surface area contributed by atoms with Gasteiger partial charge in [-0.2, -0.15) is 6.07 Å². The normalized spacial score (nSPS) is 13.4. The van der Waals surface area contributed by atoms with Gasteiger partial charge in [-0.15, -0.1) is 23.7 Å². The van der Waals surface area contributed by atoms with Crippen LogP contribution < -0.4 is 11.2 Å². The molecule has 1 aromatic carbocycles. The third kappa shape index (κ3) is 2.72. The Balaban J connectivity index is 0.00000176. The largest absolute Gasteiger partial charge is 0.324 e. The molecule has 0 radical (unpaired) electrons. The fourth-order valence-electron chi connectivity index (χ4n) is 2.79. The van der Waals surface area contributed by atoms with Crippen LogP contribution in [0.4, 0.5) is 4.39 Å². The molecule has 0 saturated heterocycles. The Kier molecular flexibility index (Phi) is 5.08. The third-order valence-corrected chi connectivity index (χ3v) is 4.09. The Labute approximate surface area is 145 Å². The van der Waals surface area contributed by atoms with E-state index >= 15 is 0 Å². The molecule has 0 fully saturated rings. The molecule has 7 heteroatoms. The molecule has 2 aromatic rings. The number of fused-ring (bicyclic) bond motifs is 1. The predicted molar refractivity (Wildman–Crippen MR) is 77.7 cm³/mol. The first-order chi connectivity index (χ1) is 10.0. The Morgan fingerprint density at radius 1 is 1.27 bits per heavy atom. The van der Waals surface area contributed by atoms with Gasteiger partial charge in [-0.25, -0.2) is 9.18 Å². The standard InChI is InChI=1S/C15H13ClFN2O2.W/c1-18-12-5-3-2-4-10(12)14(20)19(15(18)21)13-7-6-9(16)8-11(13)17;/h7-8H,2-5H2,1H3;/q-1;. The van der Waals surface area contributed by atoms with Crippen molar-refractivity contribution in [3.63, 3.8) is 0 Å². The van der Waals surface area contributed by atoms with Crippen molar-refractivity contribution in [2.45, 2.75) is 25.7 Å². The second kappa shape index (κ2) is 6.51. The van der Waals surface area contributed by atoms with Crippen molar-refractivity contribution in [3.8, 4) is 5.69 Å². The molecule has 1 aliphatic carbocycles. The molecule has 0 amide bonds. The van der Waals surface area contributed by atoms with Crippen molar-refractivity contribution >= 4 is 11.6 Å². The van der Waals surface area contributed by atoms with Crippen molar-refractivity contribution in [2.75, 3.05) is 0 Å². The molecular weight excluding hydrogens is 478 g/mol. The number of halogens is 2. The average Bonchev–Trinajstić information content (AvgIpc) is 2.47. The monoisotopic (exact) mass is 491 g/mol. The van der Waals surface area contributed by atoms with E-state index in [-0.39, 0.29) is 31.8 Å². The van der Waals surface area contributed by atoms with Crippen molar-refractivity contribution in [1.82, 2.24) is 9.13 Å². The Hall–Kier alpha value is -1.19. The maximum atomic E-state index is 14.0. The van der Waals surface area contributed by atoms with Gasteiger partial charge in [0.2, 0.25) is 0 Å². The molecule has 116 valence electrons. The van der Waals surface area contributed by atoms with Gasteiger partial charge < -0.3 is 4.57 Å². The number of hydrogen-bond donors (Lipinski definition) is 0. The zero-order valence-corrected chi connectivity index (χ0v) is 15.5.